The molecule has 17 heavy (non-hydrogen) atoms. The van der Waals surface area contributed by atoms with Crippen molar-refractivity contribution >= 4 is 5.78 Å². The van der Waals surface area contributed by atoms with Gasteiger partial charge in [-0.1, -0.05) is 37.3 Å². The smallest absolute Gasteiger partial charge is 0.179 e. The van der Waals surface area contributed by atoms with E-state index in [1.165, 1.54) is 12.8 Å². The molecule has 1 aromatic rings. The Labute approximate surface area is 104 Å². The summed E-state index contributed by atoms with van der Waals surface area (Å²) in [4.78, 5) is 14.7. The third-order valence-electron chi connectivity index (χ3n) is 3.43. The first kappa shape index (κ1) is 12.3. The quantitative estimate of drug-likeness (QED) is 0.701. The number of ketones is 1. The summed E-state index contributed by atoms with van der Waals surface area (Å²) in [5, 5.41) is 0. The zero-order chi connectivity index (χ0) is 12.3. The third kappa shape index (κ3) is 2.95. The van der Waals surface area contributed by atoms with Crippen LogP contribution < -0.4 is 0 Å². The highest BCUT2D eigenvalue weighted by Gasteiger charge is 2.34. The van der Waals surface area contributed by atoms with Crippen molar-refractivity contribution in [2.45, 2.75) is 45.2 Å². The van der Waals surface area contributed by atoms with E-state index in [2.05, 4.69) is 11.8 Å². The van der Waals surface area contributed by atoms with Crippen molar-refractivity contribution in [3.05, 3.63) is 35.9 Å². The fraction of sp³-hybridized carbons (Fsp3) is 0.533. The van der Waals surface area contributed by atoms with Crippen LogP contribution in [0.3, 0.4) is 0 Å². The van der Waals surface area contributed by atoms with E-state index >= 15 is 0 Å². The van der Waals surface area contributed by atoms with Gasteiger partial charge in [-0.05, 0) is 32.7 Å². The van der Waals surface area contributed by atoms with Crippen molar-refractivity contribution in [2.24, 2.45) is 0 Å². The summed E-state index contributed by atoms with van der Waals surface area (Å²) in [6.45, 7) is 5.25. The molecule has 0 N–H and O–H groups in total. The monoisotopic (exact) mass is 231 g/mol. The molecule has 2 heteroatoms. The van der Waals surface area contributed by atoms with E-state index in [0.29, 0.717) is 6.04 Å². The number of benzene rings is 1. The average Bonchev–Trinajstić information content (AvgIpc) is 3.19. The van der Waals surface area contributed by atoms with E-state index in [9.17, 15) is 4.79 Å². The molecule has 0 aromatic heterocycles. The second-order valence-corrected chi connectivity index (χ2v) is 4.88. The Morgan fingerprint density at radius 2 is 2.00 bits per heavy atom. The number of hydrogen-bond donors (Lipinski definition) is 0. The molecule has 2 nitrogen and oxygen atoms in total. The fourth-order valence-electron chi connectivity index (χ4n) is 2.35. The molecule has 0 heterocycles. The van der Waals surface area contributed by atoms with Gasteiger partial charge in [-0.25, -0.2) is 0 Å². The summed E-state index contributed by atoms with van der Waals surface area (Å²) < 4.78 is 0. The van der Waals surface area contributed by atoms with Gasteiger partial charge in [0.1, 0.15) is 0 Å². The summed E-state index contributed by atoms with van der Waals surface area (Å²) in [6, 6.07) is 10.3. The summed E-state index contributed by atoms with van der Waals surface area (Å²) in [7, 11) is 0. The minimum absolute atomic E-state index is 0.0184. The predicted octanol–water partition coefficient (Wildman–Crippen LogP) is 3.13. The summed E-state index contributed by atoms with van der Waals surface area (Å²) in [5.41, 5.74) is 0.835. The normalized spacial score (nSPS) is 17.1. The lowest BCUT2D eigenvalue weighted by atomic mass is 10.0. The minimum Gasteiger partial charge on any atom is -0.292 e. The molecule has 1 unspecified atom stereocenters. The molecular formula is C15H21NO. The number of carbonyl (C=O) groups excluding carboxylic acids is 1. The maximum absolute atomic E-state index is 12.4. The number of Topliss-reactive ketones (excluding diaryl/α,β-unsaturated/α-hetero) is 1. The number of nitrogens with zero attached hydrogens (tertiary/aromatic N) is 1. The van der Waals surface area contributed by atoms with Gasteiger partial charge in [0.2, 0.25) is 0 Å². The van der Waals surface area contributed by atoms with Crippen LogP contribution in [0.1, 0.15) is 43.5 Å². The molecule has 1 atom stereocenters. The van der Waals surface area contributed by atoms with E-state index < -0.39 is 0 Å². The number of hydrogen-bond acceptors (Lipinski definition) is 2. The molecule has 1 aliphatic rings. The maximum atomic E-state index is 12.4. The first-order valence-corrected chi connectivity index (χ1v) is 6.59. The third-order valence-corrected chi connectivity index (χ3v) is 3.43. The lowest BCUT2D eigenvalue weighted by Crippen LogP contribution is -2.41. The SMILES string of the molecule is CCCN(C1CC1)C(C)C(=O)c1ccccc1. The zero-order valence-electron chi connectivity index (χ0n) is 10.7. The van der Waals surface area contributed by atoms with Crippen LogP contribution in [-0.4, -0.2) is 29.3 Å². The topological polar surface area (TPSA) is 20.3 Å². The standard InChI is InChI=1S/C15H21NO/c1-3-11-16(14-9-10-14)12(2)15(17)13-7-5-4-6-8-13/h4-8,12,14H,3,9-11H2,1-2H3. The van der Waals surface area contributed by atoms with Gasteiger partial charge in [0.15, 0.2) is 5.78 Å². The Kier molecular flexibility index (Phi) is 3.95. The fourth-order valence-corrected chi connectivity index (χ4v) is 2.35. The van der Waals surface area contributed by atoms with Gasteiger partial charge in [0, 0.05) is 11.6 Å². The van der Waals surface area contributed by atoms with E-state index in [1.54, 1.807) is 0 Å². The van der Waals surface area contributed by atoms with Crippen molar-refractivity contribution in [1.82, 2.24) is 4.90 Å². The Balaban J connectivity index is 2.07. The van der Waals surface area contributed by atoms with Gasteiger partial charge in [0.05, 0.1) is 6.04 Å². The lowest BCUT2D eigenvalue weighted by molar-refractivity contribution is 0.0826. The predicted molar refractivity (Wildman–Crippen MR) is 70.3 cm³/mol. The molecule has 0 amide bonds. The highest BCUT2D eigenvalue weighted by Crippen LogP contribution is 2.29. The molecule has 1 aliphatic carbocycles. The first-order chi connectivity index (χ1) is 8.24. The Morgan fingerprint density at radius 1 is 1.35 bits per heavy atom. The van der Waals surface area contributed by atoms with Crippen LogP contribution in [-0.2, 0) is 0 Å². The van der Waals surface area contributed by atoms with Gasteiger partial charge in [-0.15, -0.1) is 0 Å². The summed E-state index contributed by atoms with van der Waals surface area (Å²) in [6.07, 6.45) is 3.63. The van der Waals surface area contributed by atoms with Gasteiger partial charge in [-0.2, -0.15) is 0 Å². The molecule has 0 radical (unpaired) electrons. The van der Waals surface area contributed by atoms with Crippen molar-refractivity contribution < 1.29 is 4.79 Å². The average molecular weight is 231 g/mol. The highest BCUT2D eigenvalue weighted by atomic mass is 16.1. The van der Waals surface area contributed by atoms with E-state index in [1.807, 2.05) is 37.3 Å². The van der Waals surface area contributed by atoms with Crippen LogP contribution in [0.2, 0.25) is 0 Å². The maximum Gasteiger partial charge on any atom is 0.179 e. The number of carbonyl (C=O) groups is 1. The van der Waals surface area contributed by atoms with Gasteiger partial charge < -0.3 is 0 Å². The molecule has 2 rings (SSSR count). The van der Waals surface area contributed by atoms with Crippen LogP contribution in [0.15, 0.2) is 30.3 Å². The van der Waals surface area contributed by atoms with Crippen LogP contribution in [0.25, 0.3) is 0 Å². The summed E-state index contributed by atoms with van der Waals surface area (Å²) in [5.74, 6) is 0.256. The Bertz CT molecular complexity index is 370. The molecule has 0 aliphatic heterocycles. The van der Waals surface area contributed by atoms with Crippen molar-refractivity contribution in [3.63, 3.8) is 0 Å². The largest absolute Gasteiger partial charge is 0.292 e. The van der Waals surface area contributed by atoms with E-state index in [0.717, 1.165) is 18.5 Å². The first-order valence-electron chi connectivity index (χ1n) is 6.59. The zero-order valence-corrected chi connectivity index (χ0v) is 10.7. The Morgan fingerprint density at radius 3 is 2.53 bits per heavy atom. The van der Waals surface area contributed by atoms with Crippen LogP contribution >= 0.6 is 0 Å². The molecule has 1 aromatic carbocycles. The molecular weight excluding hydrogens is 210 g/mol. The van der Waals surface area contributed by atoms with Gasteiger partial charge >= 0.3 is 0 Å². The number of rotatable bonds is 6. The van der Waals surface area contributed by atoms with Crippen LogP contribution in [0.5, 0.6) is 0 Å². The van der Waals surface area contributed by atoms with Crippen LogP contribution in [0.4, 0.5) is 0 Å². The molecule has 0 spiro atoms. The molecule has 92 valence electrons. The summed E-state index contributed by atoms with van der Waals surface area (Å²) >= 11 is 0. The molecule has 1 fully saturated rings. The molecule has 0 bridgehead atoms. The van der Waals surface area contributed by atoms with E-state index in [4.69, 9.17) is 0 Å². The molecule has 1 saturated carbocycles. The lowest BCUT2D eigenvalue weighted by Gasteiger charge is -2.27. The van der Waals surface area contributed by atoms with E-state index in [-0.39, 0.29) is 11.8 Å². The molecule has 0 saturated heterocycles. The van der Waals surface area contributed by atoms with Crippen molar-refractivity contribution in [2.75, 3.05) is 6.54 Å². The van der Waals surface area contributed by atoms with Gasteiger partial charge in [0.25, 0.3) is 0 Å². The van der Waals surface area contributed by atoms with Crippen molar-refractivity contribution in [1.29, 1.82) is 0 Å². The second-order valence-electron chi connectivity index (χ2n) is 4.88. The Hall–Kier alpha value is -1.15. The highest BCUT2D eigenvalue weighted by molar-refractivity contribution is 5.99. The van der Waals surface area contributed by atoms with Crippen molar-refractivity contribution in [3.8, 4) is 0 Å². The van der Waals surface area contributed by atoms with Crippen LogP contribution in [0, 0.1) is 0 Å². The minimum atomic E-state index is 0.0184. The van der Waals surface area contributed by atoms with Gasteiger partial charge in [-0.3, -0.25) is 9.69 Å². The second kappa shape index (κ2) is 5.46.